The maximum atomic E-state index is 6.52. The van der Waals surface area contributed by atoms with Gasteiger partial charge < -0.3 is 5.73 Å². The van der Waals surface area contributed by atoms with Gasteiger partial charge in [0.2, 0.25) is 0 Å². The van der Waals surface area contributed by atoms with Crippen LogP contribution in [0.2, 0.25) is 0 Å². The molecule has 2 nitrogen and oxygen atoms in total. The van der Waals surface area contributed by atoms with Gasteiger partial charge in [0.15, 0.2) is 0 Å². The summed E-state index contributed by atoms with van der Waals surface area (Å²) in [5.74, 6) is 2.73. The third-order valence-corrected chi connectivity index (χ3v) is 4.73. The van der Waals surface area contributed by atoms with Crippen LogP contribution >= 0.6 is 0 Å². The van der Waals surface area contributed by atoms with E-state index < -0.39 is 0 Å². The van der Waals surface area contributed by atoms with E-state index in [1.807, 2.05) is 0 Å². The van der Waals surface area contributed by atoms with Crippen molar-refractivity contribution in [2.24, 2.45) is 5.73 Å². The van der Waals surface area contributed by atoms with Crippen molar-refractivity contribution in [1.29, 1.82) is 0 Å². The van der Waals surface area contributed by atoms with Gasteiger partial charge >= 0.3 is 0 Å². The second-order valence-corrected chi connectivity index (χ2v) is 5.71. The van der Waals surface area contributed by atoms with Gasteiger partial charge in [0.1, 0.15) is 0 Å². The summed E-state index contributed by atoms with van der Waals surface area (Å²) >= 11 is 0. The Hall–Kier alpha value is -0.520. The minimum absolute atomic E-state index is 0.325. The van der Waals surface area contributed by atoms with Crippen LogP contribution in [0.4, 0.5) is 0 Å². The highest BCUT2D eigenvalue weighted by molar-refractivity contribution is 5.03. The molecule has 1 aliphatic heterocycles. The largest absolute Gasteiger partial charge is 0.326 e. The fraction of sp³-hybridized carbons (Fsp3) is 0.867. The van der Waals surface area contributed by atoms with Gasteiger partial charge in [-0.25, -0.2) is 0 Å². The Morgan fingerprint density at radius 2 is 1.82 bits per heavy atom. The van der Waals surface area contributed by atoms with Crippen LogP contribution in [0.25, 0.3) is 0 Å². The van der Waals surface area contributed by atoms with Gasteiger partial charge in [0.25, 0.3) is 0 Å². The third kappa shape index (κ3) is 2.67. The molecule has 1 atom stereocenters. The van der Waals surface area contributed by atoms with E-state index in [1.54, 1.807) is 0 Å². The van der Waals surface area contributed by atoms with E-state index in [-0.39, 0.29) is 0 Å². The SMILES string of the molecule is C#CCCCC(N)C1(N2CCCC2)CCCC1. The molecule has 1 saturated carbocycles. The number of nitrogens with two attached hydrogens (primary N) is 1. The number of hydrogen-bond donors (Lipinski definition) is 1. The average Bonchev–Trinajstić information content (AvgIpc) is 3.00. The molecular weight excluding hydrogens is 208 g/mol. The molecule has 0 aromatic rings. The standard InChI is InChI=1S/C15H26N2/c1-2-3-4-9-14(16)15(10-5-6-11-15)17-12-7-8-13-17/h1,14H,3-13,16H2. The second-order valence-electron chi connectivity index (χ2n) is 5.71. The molecule has 2 fully saturated rings. The molecular formula is C15H26N2. The van der Waals surface area contributed by atoms with Crippen molar-refractivity contribution in [2.75, 3.05) is 13.1 Å². The normalized spacial score (nSPS) is 25.9. The smallest absolute Gasteiger partial charge is 0.0360 e. The van der Waals surface area contributed by atoms with Crippen molar-refractivity contribution in [2.45, 2.75) is 69.4 Å². The van der Waals surface area contributed by atoms with Crippen molar-refractivity contribution in [1.82, 2.24) is 4.90 Å². The van der Waals surface area contributed by atoms with Crippen LogP contribution in [0.5, 0.6) is 0 Å². The van der Waals surface area contributed by atoms with E-state index in [1.165, 1.54) is 51.6 Å². The van der Waals surface area contributed by atoms with E-state index in [4.69, 9.17) is 12.2 Å². The summed E-state index contributed by atoms with van der Waals surface area (Å²) in [5, 5.41) is 0. The molecule has 1 saturated heterocycles. The zero-order valence-corrected chi connectivity index (χ0v) is 11.0. The van der Waals surface area contributed by atoms with Crippen molar-refractivity contribution in [3.63, 3.8) is 0 Å². The number of hydrogen-bond acceptors (Lipinski definition) is 2. The first-order chi connectivity index (χ1) is 8.29. The van der Waals surface area contributed by atoms with Crippen LogP contribution in [-0.4, -0.2) is 29.6 Å². The van der Waals surface area contributed by atoms with E-state index in [0.717, 1.165) is 19.3 Å². The van der Waals surface area contributed by atoms with E-state index in [9.17, 15) is 0 Å². The molecule has 0 radical (unpaired) electrons. The Morgan fingerprint density at radius 1 is 1.18 bits per heavy atom. The summed E-state index contributed by atoms with van der Waals surface area (Å²) in [6.07, 6.45) is 16.4. The van der Waals surface area contributed by atoms with Crippen LogP contribution in [0, 0.1) is 12.3 Å². The number of likely N-dealkylation sites (tertiary alicyclic amines) is 1. The van der Waals surface area contributed by atoms with Gasteiger partial charge in [-0.2, -0.15) is 0 Å². The highest BCUT2D eigenvalue weighted by Gasteiger charge is 2.44. The molecule has 1 heterocycles. The molecule has 0 bridgehead atoms. The second kappa shape index (κ2) is 5.89. The van der Waals surface area contributed by atoms with E-state index >= 15 is 0 Å². The van der Waals surface area contributed by atoms with Crippen LogP contribution in [0.15, 0.2) is 0 Å². The number of nitrogens with zero attached hydrogens (tertiary/aromatic N) is 1. The lowest BCUT2D eigenvalue weighted by Crippen LogP contribution is -2.57. The fourth-order valence-electron chi connectivity index (χ4n) is 3.76. The predicted molar refractivity (Wildman–Crippen MR) is 72.7 cm³/mol. The quantitative estimate of drug-likeness (QED) is 0.585. The minimum Gasteiger partial charge on any atom is -0.326 e. The first-order valence-corrected chi connectivity index (χ1v) is 7.24. The number of terminal acetylenes is 1. The van der Waals surface area contributed by atoms with Gasteiger partial charge in [-0.05, 0) is 51.6 Å². The van der Waals surface area contributed by atoms with E-state index in [2.05, 4.69) is 10.8 Å². The monoisotopic (exact) mass is 234 g/mol. The summed E-state index contributed by atoms with van der Waals surface area (Å²) in [4.78, 5) is 2.69. The van der Waals surface area contributed by atoms with Gasteiger partial charge in [-0.3, -0.25) is 4.90 Å². The predicted octanol–water partition coefficient (Wildman–Crippen LogP) is 2.53. The van der Waals surface area contributed by atoms with Crippen LogP contribution < -0.4 is 5.73 Å². The first kappa shape index (κ1) is 12.9. The van der Waals surface area contributed by atoms with Crippen LogP contribution in [0.3, 0.4) is 0 Å². The van der Waals surface area contributed by atoms with Gasteiger partial charge in [0, 0.05) is 18.0 Å². The molecule has 2 heteroatoms. The molecule has 0 aromatic heterocycles. The zero-order chi connectivity index (χ0) is 12.1. The van der Waals surface area contributed by atoms with Gasteiger partial charge in [-0.1, -0.05) is 12.8 Å². The third-order valence-electron chi connectivity index (χ3n) is 4.73. The van der Waals surface area contributed by atoms with Crippen molar-refractivity contribution in [3.05, 3.63) is 0 Å². The molecule has 17 heavy (non-hydrogen) atoms. The Morgan fingerprint density at radius 3 is 2.41 bits per heavy atom. The number of rotatable bonds is 5. The zero-order valence-electron chi connectivity index (χ0n) is 11.0. The molecule has 2 N–H and O–H groups in total. The molecule has 2 rings (SSSR count). The minimum atomic E-state index is 0.325. The Labute approximate surface area is 106 Å². The molecule has 2 aliphatic rings. The molecule has 1 unspecified atom stereocenters. The molecule has 0 amide bonds. The topological polar surface area (TPSA) is 29.3 Å². The van der Waals surface area contributed by atoms with Crippen LogP contribution in [0.1, 0.15) is 57.8 Å². The summed E-state index contributed by atoms with van der Waals surface area (Å²) in [6, 6.07) is 0.330. The van der Waals surface area contributed by atoms with Crippen LogP contribution in [-0.2, 0) is 0 Å². The molecule has 0 aromatic carbocycles. The lowest BCUT2D eigenvalue weighted by Gasteiger charge is -2.43. The lowest BCUT2D eigenvalue weighted by atomic mass is 9.84. The van der Waals surface area contributed by atoms with Crippen molar-refractivity contribution in [3.8, 4) is 12.3 Å². The Kier molecular flexibility index (Phi) is 4.48. The number of unbranched alkanes of at least 4 members (excludes halogenated alkanes) is 1. The summed E-state index contributed by atoms with van der Waals surface area (Å²) in [6.45, 7) is 2.53. The van der Waals surface area contributed by atoms with Gasteiger partial charge in [0.05, 0.1) is 0 Å². The maximum absolute atomic E-state index is 6.52. The van der Waals surface area contributed by atoms with Gasteiger partial charge in [-0.15, -0.1) is 12.3 Å². The Balaban J connectivity index is 1.97. The highest BCUT2D eigenvalue weighted by atomic mass is 15.2. The molecule has 96 valence electrons. The van der Waals surface area contributed by atoms with Crippen molar-refractivity contribution >= 4 is 0 Å². The first-order valence-electron chi connectivity index (χ1n) is 7.24. The summed E-state index contributed by atoms with van der Waals surface area (Å²) in [5.41, 5.74) is 6.85. The molecule has 0 spiro atoms. The highest BCUT2D eigenvalue weighted by Crippen LogP contribution is 2.40. The van der Waals surface area contributed by atoms with E-state index in [0.29, 0.717) is 11.6 Å². The summed E-state index contributed by atoms with van der Waals surface area (Å²) in [7, 11) is 0. The van der Waals surface area contributed by atoms with Crippen molar-refractivity contribution < 1.29 is 0 Å². The maximum Gasteiger partial charge on any atom is 0.0360 e. The fourth-order valence-corrected chi connectivity index (χ4v) is 3.76. The Bertz CT molecular complexity index is 267. The average molecular weight is 234 g/mol. The lowest BCUT2D eigenvalue weighted by molar-refractivity contribution is 0.0882. The summed E-state index contributed by atoms with van der Waals surface area (Å²) < 4.78 is 0. The molecule has 1 aliphatic carbocycles.